The third-order valence-electron chi connectivity index (χ3n) is 4.56. The molecule has 0 aliphatic carbocycles. The van der Waals surface area contributed by atoms with E-state index in [9.17, 15) is 4.79 Å². The van der Waals surface area contributed by atoms with E-state index < -0.39 is 0 Å². The molecule has 0 N–H and O–H groups in total. The van der Waals surface area contributed by atoms with Crippen molar-refractivity contribution in [3.8, 4) is 17.2 Å². The lowest BCUT2D eigenvalue weighted by atomic mass is 9.91. The summed E-state index contributed by atoms with van der Waals surface area (Å²) in [6, 6.07) is 11.9. The van der Waals surface area contributed by atoms with Crippen LogP contribution in [0.3, 0.4) is 0 Å². The second-order valence-corrected chi connectivity index (χ2v) is 6.03. The number of nitrogens with zero attached hydrogens (tertiary/aromatic N) is 1. The van der Waals surface area contributed by atoms with E-state index >= 15 is 0 Å². The van der Waals surface area contributed by atoms with E-state index in [-0.39, 0.29) is 5.91 Å². The number of carbonyl (C=O) groups is 1. The summed E-state index contributed by atoms with van der Waals surface area (Å²) in [6.45, 7) is 2.89. The molecule has 0 saturated heterocycles. The molecular formula is C21H23NO4. The highest BCUT2D eigenvalue weighted by molar-refractivity contribution is 6.22. The van der Waals surface area contributed by atoms with Crippen molar-refractivity contribution < 1.29 is 19.0 Å². The predicted molar refractivity (Wildman–Crippen MR) is 100 cm³/mol. The summed E-state index contributed by atoms with van der Waals surface area (Å²) in [5, 5.41) is 0. The van der Waals surface area contributed by atoms with Gasteiger partial charge in [-0.3, -0.25) is 4.79 Å². The smallest absolute Gasteiger partial charge is 0.254 e. The molecule has 2 aromatic rings. The molecule has 0 aromatic heterocycles. The van der Waals surface area contributed by atoms with Crippen molar-refractivity contribution in [2.24, 2.45) is 0 Å². The van der Waals surface area contributed by atoms with Crippen LogP contribution in [-0.4, -0.2) is 32.1 Å². The van der Waals surface area contributed by atoms with Crippen LogP contribution in [0, 0.1) is 0 Å². The standard InChI is InChI=1S/C21H23NO4/c1-5-16-18-15(11-17(24-2)19(25-3)20(18)26-4)13-22(21(16)23)12-14-9-7-6-8-10-14/h5-11H,12-13H2,1-4H3/b16-5-. The van der Waals surface area contributed by atoms with Gasteiger partial charge >= 0.3 is 0 Å². The molecular weight excluding hydrogens is 330 g/mol. The summed E-state index contributed by atoms with van der Waals surface area (Å²) in [7, 11) is 4.73. The molecule has 0 bridgehead atoms. The summed E-state index contributed by atoms with van der Waals surface area (Å²) >= 11 is 0. The molecule has 0 unspecified atom stereocenters. The van der Waals surface area contributed by atoms with Gasteiger partial charge in [-0.2, -0.15) is 0 Å². The summed E-state index contributed by atoms with van der Waals surface area (Å²) in [4.78, 5) is 14.9. The van der Waals surface area contributed by atoms with Gasteiger partial charge in [0.05, 0.1) is 21.3 Å². The average Bonchev–Trinajstić information content (AvgIpc) is 2.68. The third kappa shape index (κ3) is 3.01. The van der Waals surface area contributed by atoms with Gasteiger partial charge in [0.15, 0.2) is 11.5 Å². The van der Waals surface area contributed by atoms with Crippen molar-refractivity contribution in [1.82, 2.24) is 4.90 Å². The zero-order chi connectivity index (χ0) is 18.7. The van der Waals surface area contributed by atoms with Gasteiger partial charge < -0.3 is 19.1 Å². The summed E-state index contributed by atoms with van der Waals surface area (Å²) in [5.74, 6) is 1.60. The van der Waals surface area contributed by atoms with Crippen LogP contribution in [-0.2, 0) is 17.9 Å². The summed E-state index contributed by atoms with van der Waals surface area (Å²) < 4.78 is 16.5. The number of allylic oxidation sites excluding steroid dienone is 1. The van der Waals surface area contributed by atoms with Crippen LogP contribution in [0.25, 0.3) is 5.57 Å². The molecule has 3 rings (SSSR count). The topological polar surface area (TPSA) is 48.0 Å². The van der Waals surface area contributed by atoms with Crippen LogP contribution >= 0.6 is 0 Å². The molecule has 5 heteroatoms. The Morgan fingerprint density at radius 3 is 2.31 bits per heavy atom. The first-order valence-corrected chi connectivity index (χ1v) is 8.46. The largest absolute Gasteiger partial charge is 0.493 e. The Balaban J connectivity index is 2.10. The number of benzene rings is 2. The monoisotopic (exact) mass is 353 g/mol. The van der Waals surface area contributed by atoms with Crippen LogP contribution < -0.4 is 14.2 Å². The Morgan fingerprint density at radius 2 is 1.73 bits per heavy atom. The van der Waals surface area contributed by atoms with Crippen molar-refractivity contribution >= 4 is 11.5 Å². The number of hydrogen-bond acceptors (Lipinski definition) is 4. The number of rotatable bonds is 5. The Labute approximate surface area is 153 Å². The fourth-order valence-electron chi connectivity index (χ4n) is 3.38. The first-order valence-electron chi connectivity index (χ1n) is 8.46. The van der Waals surface area contributed by atoms with E-state index in [4.69, 9.17) is 14.2 Å². The molecule has 0 saturated carbocycles. The van der Waals surface area contributed by atoms with E-state index in [1.54, 1.807) is 21.3 Å². The molecule has 1 heterocycles. The minimum atomic E-state index is -0.0191. The number of carbonyl (C=O) groups excluding carboxylic acids is 1. The van der Waals surface area contributed by atoms with E-state index in [1.807, 2.05) is 54.3 Å². The van der Waals surface area contributed by atoms with Gasteiger partial charge in [-0.15, -0.1) is 0 Å². The number of ether oxygens (including phenoxy) is 3. The van der Waals surface area contributed by atoms with Crippen molar-refractivity contribution in [3.63, 3.8) is 0 Å². The minimum absolute atomic E-state index is 0.0191. The first kappa shape index (κ1) is 17.9. The molecule has 5 nitrogen and oxygen atoms in total. The Bertz CT molecular complexity index is 843. The van der Waals surface area contributed by atoms with E-state index in [2.05, 4.69) is 0 Å². The van der Waals surface area contributed by atoms with Gasteiger partial charge in [0, 0.05) is 24.2 Å². The molecule has 1 amide bonds. The van der Waals surface area contributed by atoms with Gasteiger partial charge in [-0.1, -0.05) is 36.4 Å². The van der Waals surface area contributed by atoms with Crippen LogP contribution in [0.4, 0.5) is 0 Å². The van der Waals surface area contributed by atoms with Crippen molar-refractivity contribution in [1.29, 1.82) is 0 Å². The molecule has 0 radical (unpaired) electrons. The maximum atomic E-state index is 13.1. The maximum absolute atomic E-state index is 13.1. The summed E-state index contributed by atoms with van der Waals surface area (Å²) in [5.41, 5.74) is 3.46. The molecule has 2 aromatic carbocycles. The molecule has 0 fully saturated rings. The average molecular weight is 353 g/mol. The molecule has 1 aliphatic heterocycles. The SMILES string of the molecule is C/C=C1\C(=O)N(Cc2ccccc2)Cc2cc(OC)c(OC)c(OC)c21. The Hall–Kier alpha value is -2.95. The normalized spacial score (nSPS) is 15.0. The van der Waals surface area contributed by atoms with Gasteiger partial charge in [-0.25, -0.2) is 0 Å². The lowest BCUT2D eigenvalue weighted by Gasteiger charge is -2.32. The van der Waals surface area contributed by atoms with Crippen LogP contribution in [0.1, 0.15) is 23.6 Å². The van der Waals surface area contributed by atoms with Crippen LogP contribution in [0.15, 0.2) is 42.5 Å². The highest BCUT2D eigenvalue weighted by atomic mass is 16.5. The molecule has 136 valence electrons. The second kappa shape index (κ2) is 7.52. The van der Waals surface area contributed by atoms with E-state index in [0.717, 1.165) is 16.7 Å². The third-order valence-corrected chi connectivity index (χ3v) is 4.56. The lowest BCUT2D eigenvalue weighted by molar-refractivity contribution is -0.126. The van der Waals surface area contributed by atoms with Gasteiger partial charge in [0.25, 0.3) is 5.91 Å². The van der Waals surface area contributed by atoms with Gasteiger partial charge in [0.2, 0.25) is 5.75 Å². The van der Waals surface area contributed by atoms with Crippen molar-refractivity contribution in [2.45, 2.75) is 20.0 Å². The lowest BCUT2D eigenvalue weighted by Crippen LogP contribution is -2.35. The first-order chi connectivity index (χ1) is 12.6. The van der Waals surface area contributed by atoms with Crippen molar-refractivity contribution in [2.75, 3.05) is 21.3 Å². The number of fused-ring (bicyclic) bond motifs is 1. The van der Waals surface area contributed by atoms with E-state index in [1.165, 1.54) is 0 Å². The van der Waals surface area contributed by atoms with E-state index in [0.29, 0.717) is 35.9 Å². The molecule has 0 spiro atoms. The van der Waals surface area contributed by atoms with Crippen LogP contribution in [0.2, 0.25) is 0 Å². The fourth-order valence-corrected chi connectivity index (χ4v) is 3.38. The number of hydrogen-bond donors (Lipinski definition) is 0. The Kier molecular flexibility index (Phi) is 5.16. The fraction of sp³-hybridized carbons (Fsp3) is 0.286. The predicted octanol–water partition coefficient (Wildman–Crippen LogP) is 3.66. The molecule has 1 aliphatic rings. The Morgan fingerprint density at radius 1 is 1.04 bits per heavy atom. The second-order valence-electron chi connectivity index (χ2n) is 6.03. The van der Waals surface area contributed by atoms with Gasteiger partial charge in [0.1, 0.15) is 0 Å². The zero-order valence-electron chi connectivity index (χ0n) is 15.5. The number of amides is 1. The van der Waals surface area contributed by atoms with Gasteiger partial charge in [-0.05, 0) is 24.1 Å². The zero-order valence-corrected chi connectivity index (χ0v) is 15.5. The number of methoxy groups -OCH3 is 3. The maximum Gasteiger partial charge on any atom is 0.254 e. The highest BCUT2D eigenvalue weighted by Crippen LogP contribution is 2.47. The summed E-state index contributed by atoms with van der Waals surface area (Å²) in [6.07, 6.45) is 1.83. The van der Waals surface area contributed by atoms with Crippen LogP contribution in [0.5, 0.6) is 17.2 Å². The highest BCUT2D eigenvalue weighted by Gasteiger charge is 2.33. The molecule has 0 atom stereocenters. The molecule has 26 heavy (non-hydrogen) atoms. The minimum Gasteiger partial charge on any atom is -0.493 e. The quantitative estimate of drug-likeness (QED) is 0.770. The van der Waals surface area contributed by atoms with Crippen molar-refractivity contribution in [3.05, 3.63) is 59.2 Å².